The van der Waals surface area contributed by atoms with Gasteiger partial charge in [0.05, 0.1) is 5.69 Å². The molecule has 1 aromatic rings. The van der Waals surface area contributed by atoms with E-state index in [1.54, 1.807) is 0 Å². The molecule has 2 rings (SSSR count). The lowest BCUT2D eigenvalue weighted by atomic mass is 10.1. The highest BCUT2D eigenvalue weighted by molar-refractivity contribution is 5.39. The number of rotatable bonds is 3. The zero-order valence-electron chi connectivity index (χ0n) is 9.72. The Morgan fingerprint density at radius 1 is 1.44 bits per heavy atom. The van der Waals surface area contributed by atoms with Crippen LogP contribution in [0.5, 0.6) is 0 Å². The standard InChI is InChI=1S/C12H19N3O/c1-15(11-5-7-16-8-6-11)12-4-2-3-10(9-13)14-12/h2-4,11H,5-9,13H2,1H3. The molecule has 0 unspecified atom stereocenters. The lowest BCUT2D eigenvalue weighted by Crippen LogP contribution is -2.37. The molecular formula is C12H19N3O. The van der Waals surface area contributed by atoms with Crippen LogP contribution < -0.4 is 10.6 Å². The number of nitrogens with two attached hydrogens (primary N) is 1. The molecule has 0 atom stereocenters. The number of hydrogen-bond acceptors (Lipinski definition) is 4. The van der Waals surface area contributed by atoms with E-state index in [0.717, 1.165) is 37.6 Å². The fourth-order valence-corrected chi connectivity index (χ4v) is 2.04. The molecule has 1 aliphatic heterocycles. The second kappa shape index (κ2) is 5.27. The highest BCUT2D eigenvalue weighted by atomic mass is 16.5. The van der Waals surface area contributed by atoms with Crippen LogP contribution in [0.3, 0.4) is 0 Å². The molecule has 1 aromatic heterocycles. The molecule has 2 heterocycles. The van der Waals surface area contributed by atoms with Crippen LogP contribution in [0.4, 0.5) is 5.82 Å². The van der Waals surface area contributed by atoms with Gasteiger partial charge in [0.15, 0.2) is 0 Å². The Bertz CT molecular complexity index is 337. The molecule has 88 valence electrons. The number of ether oxygens (including phenoxy) is 1. The summed E-state index contributed by atoms with van der Waals surface area (Å²) in [6.45, 7) is 2.20. The maximum atomic E-state index is 5.60. The maximum Gasteiger partial charge on any atom is 0.128 e. The third-order valence-corrected chi connectivity index (χ3v) is 3.10. The van der Waals surface area contributed by atoms with Crippen LogP contribution in [0.25, 0.3) is 0 Å². The molecule has 0 saturated carbocycles. The molecule has 16 heavy (non-hydrogen) atoms. The van der Waals surface area contributed by atoms with Crippen molar-refractivity contribution in [3.63, 3.8) is 0 Å². The minimum Gasteiger partial charge on any atom is -0.381 e. The summed E-state index contributed by atoms with van der Waals surface area (Å²) in [6, 6.07) is 6.55. The van der Waals surface area contributed by atoms with E-state index >= 15 is 0 Å². The van der Waals surface area contributed by atoms with Crippen molar-refractivity contribution in [2.75, 3.05) is 25.2 Å². The van der Waals surface area contributed by atoms with Gasteiger partial charge in [-0.05, 0) is 25.0 Å². The second-order valence-electron chi connectivity index (χ2n) is 4.15. The van der Waals surface area contributed by atoms with Gasteiger partial charge in [0, 0.05) is 32.8 Å². The summed E-state index contributed by atoms with van der Waals surface area (Å²) in [5.74, 6) is 1.01. The van der Waals surface area contributed by atoms with Gasteiger partial charge in [-0.1, -0.05) is 6.07 Å². The van der Waals surface area contributed by atoms with Crippen LogP contribution in [0.2, 0.25) is 0 Å². The van der Waals surface area contributed by atoms with Crippen molar-refractivity contribution >= 4 is 5.82 Å². The normalized spacial score (nSPS) is 17.4. The third-order valence-electron chi connectivity index (χ3n) is 3.10. The third kappa shape index (κ3) is 2.51. The van der Waals surface area contributed by atoms with Crippen molar-refractivity contribution in [1.29, 1.82) is 0 Å². The summed E-state index contributed by atoms with van der Waals surface area (Å²) in [5.41, 5.74) is 6.54. The van der Waals surface area contributed by atoms with Crippen LogP contribution >= 0.6 is 0 Å². The van der Waals surface area contributed by atoms with Gasteiger partial charge in [-0.3, -0.25) is 0 Å². The first kappa shape index (κ1) is 11.4. The number of nitrogens with zero attached hydrogens (tertiary/aromatic N) is 2. The van der Waals surface area contributed by atoms with E-state index in [1.807, 2.05) is 18.2 Å². The average Bonchev–Trinajstić information content (AvgIpc) is 2.39. The molecule has 2 N–H and O–H groups in total. The Labute approximate surface area is 96.4 Å². The van der Waals surface area contributed by atoms with Gasteiger partial charge in [0.2, 0.25) is 0 Å². The smallest absolute Gasteiger partial charge is 0.128 e. The van der Waals surface area contributed by atoms with Gasteiger partial charge < -0.3 is 15.4 Å². The topological polar surface area (TPSA) is 51.4 Å². The number of anilines is 1. The van der Waals surface area contributed by atoms with E-state index in [4.69, 9.17) is 10.5 Å². The van der Waals surface area contributed by atoms with Gasteiger partial charge in [0.1, 0.15) is 5.82 Å². The van der Waals surface area contributed by atoms with Gasteiger partial charge in [-0.2, -0.15) is 0 Å². The van der Waals surface area contributed by atoms with Crippen LogP contribution in [0.15, 0.2) is 18.2 Å². The van der Waals surface area contributed by atoms with E-state index in [1.165, 1.54) is 0 Å². The van der Waals surface area contributed by atoms with Gasteiger partial charge >= 0.3 is 0 Å². The fourth-order valence-electron chi connectivity index (χ4n) is 2.04. The molecule has 1 aliphatic rings. The van der Waals surface area contributed by atoms with Crippen LogP contribution in [-0.2, 0) is 11.3 Å². The van der Waals surface area contributed by atoms with Crippen molar-refractivity contribution in [3.05, 3.63) is 23.9 Å². The first-order valence-corrected chi connectivity index (χ1v) is 5.78. The minimum absolute atomic E-state index is 0.495. The molecule has 4 nitrogen and oxygen atoms in total. The SMILES string of the molecule is CN(c1cccc(CN)n1)C1CCOCC1. The lowest BCUT2D eigenvalue weighted by Gasteiger charge is -2.32. The zero-order valence-corrected chi connectivity index (χ0v) is 9.72. The summed E-state index contributed by atoms with van der Waals surface area (Å²) in [5, 5.41) is 0. The summed E-state index contributed by atoms with van der Waals surface area (Å²) < 4.78 is 5.36. The highest BCUT2D eigenvalue weighted by Gasteiger charge is 2.19. The van der Waals surface area contributed by atoms with Crippen LogP contribution in [0.1, 0.15) is 18.5 Å². The maximum absolute atomic E-state index is 5.60. The summed E-state index contributed by atoms with van der Waals surface area (Å²) in [7, 11) is 2.10. The molecule has 4 heteroatoms. The Morgan fingerprint density at radius 3 is 2.88 bits per heavy atom. The Kier molecular flexibility index (Phi) is 3.74. The summed E-state index contributed by atoms with van der Waals surface area (Å²) >= 11 is 0. The lowest BCUT2D eigenvalue weighted by molar-refractivity contribution is 0.0853. The summed E-state index contributed by atoms with van der Waals surface area (Å²) in [6.07, 6.45) is 2.15. The van der Waals surface area contributed by atoms with Crippen LogP contribution in [0, 0.1) is 0 Å². The molecule has 1 saturated heterocycles. The van der Waals surface area contributed by atoms with Crippen molar-refractivity contribution in [1.82, 2.24) is 4.98 Å². The monoisotopic (exact) mass is 221 g/mol. The Morgan fingerprint density at radius 2 is 2.19 bits per heavy atom. The number of aromatic nitrogens is 1. The van der Waals surface area contributed by atoms with E-state index in [-0.39, 0.29) is 0 Å². The predicted molar refractivity (Wildman–Crippen MR) is 64.4 cm³/mol. The molecule has 0 aliphatic carbocycles. The summed E-state index contributed by atoms with van der Waals surface area (Å²) in [4.78, 5) is 6.76. The second-order valence-corrected chi connectivity index (χ2v) is 4.15. The van der Waals surface area contributed by atoms with Crippen LogP contribution in [-0.4, -0.2) is 31.3 Å². The van der Waals surface area contributed by atoms with E-state index in [2.05, 4.69) is 16.9 Å². The molecule has 0 bridgehead atoms. The molecule has 0 radical (unpaired) electrons. The molecule has 0 amide bonds. The quantitative estimate of drug-likeness (QED) is 0.832. The Balaban J connectivity index is 2.09. The molecule has 0 aromatic carbocycles. The number of hydrogen-bond donors (Lipinski definition) is 1. The van der Waals surface area contributed by atoms with E-state index < -0.39 is 0 Å². The van der Waals surface area contributed by atoms with Crippen molar-refractivity contribution in [2.24, 2.45) is 5.73 Å². The Hall–Kier alpha value is -1.13. The largest absolute Gasteiger partial charge is 0.381 e. The molecular weight excluding hydrogens is 202 g/mol. The van der Waals surface area contributed by atoms with Crippen molar-refractivity contribution in [2.45, 2.75) is 25.4 Å². The van der Waals surface area contributed by atoms with Crippen molar-refractivity contribution < 1.29 is 4.74 Å². The average molecular weight is 221 g/mol. The highest BCUT2D eigenvalue weighted by Crippen LogP contribution is 2.19. The zero-order chi connectivity index (χ0) is 11.4. The van der Waals surface area contributed by atoms with Gasteiger partial charge in [-0.25, -0.2) is 4.98 Å². The predicted octanol–water partition coefficient (Wildman–Crippen LogP) is 1.16. The molecule has 0 spiro atoms. The minimum atomic E-state index is 0.495. The number of pyridine rings is 1. The van der Waals surface area contributed by atoms with E-state index in [9.17, 15) is 0 Å². The molecule has 1 fully saturated rings. The van der Waals surface area contributed by atoms with E-state index in [0.29, 0.717) is 12.6 Å². The first-order valence-electron chi connectivity index (χ1n) is 5.78. The first-order chi connectivity index (χ1) is 7.81. The fraction of sp³-hybridized carbons (Fsp3) is 0.583. The van der Waals surface area contributed by atoms with Crippen molar-refractivity contribution in [3.8, 4) is 0 Å². The van der Waals surface area contributed by atoms with Gasteiger partial charge in [-0.15, -0.1) is 0 Å². The van der Waals surface area contributed by atoms with Gasteiger partial charge in [0.25, 0.3) is 0 Å².